The Bertz CT molecular complexity index is 477. The molecule has 1 aromatic carbocycles. The van der Waals surface area contributed by atoms with Crippen LogP contribution in [0.3, 0.4) is 0 Å². The van der Waals surface area contributed by atoms with E-state index in [0.29, 0.717) is 12.1 Å². The summed E-state index contributed by atoms with van der Waals surface area (Å²) in [7, 11) is 0. The van der Waals surface area contributed by atoms with Crippen LogP contribution in [0, 0.1) is 5.92 Å². The van der Waals surface area contributed by atoms with Gasteiger partial charge in [-0.05, 0) is 24.6 Å². The zero-order valence-corrected chi connectivity index (χ0v) is 11.4. The molecule has 0 heterocycles. The first kappa shape index (κ1) is 15.5. The number of carbonyl (C=O) groups excluding carboxylic acids is 1. The van der Waals surface area contributed by atoms with Gasteiger partial charge in [0.25, 0.3) is 0 Å². The zero-order valence-electron chi connectivity index (χ0n) is 10.6. The minimum atomic E-state index is -1.10. The standard InChI is InChI=1S/C13H17ClN2O3/c1-2-3-8(7-15)12(17)16-9-4-5-10(13(18)19)11(14)6-9/h4-6,8H,2-3,7,15H2,1H3,(H,16,17)(H,18,19). The second-order valence-corrected chi connectivity index (χ2v) is 4.62. The number of hydrogen-bond acceptors (Lipinski definition) is 3. The Balaban J connectivity index is 2.80. The van der Waals surface area contributed by atoms with Crippen LogP contribution in [0.15, 0.2) is 18.2 Å². The van der Waals surface area contributed by atoms with Crippen molar-refractivity contribution in [3.05, 3.63) is 28.8 Å². The highest BCUT2D eigenvalue weighted by Gasteiger charge is 2.16. The van der Waals surface area contributed by atoms with Crippen molar-refractivity contribution < 1.29 is 14.7 Å². The maximum absolute atomic E-state index is 11.9. The summed E-state index contributed by atoms with van der Waals surface area (Å²) < 4.78 is 0. The van der Waals surface area contributed by atoms with Crippen LogP contribution in [0.2, 0.25) is 5.02 Å². The number of hydrogen-bond donors (Lipinski definition) is 3. The smallest absolute Gasteiger partial charge is 0.337 e. The number of aromatic carboxylic acids is 1. The molecule has 0 aliphatic carbocycles. The van der Waals surface area contributed by atoms with E-state index in [1.54, 1.807) is 0 Å². The summed E-state index contributed by atoms with van der Waals surface area (Å²) in [5.41, 5.74) is 6.01. The molecule has 4 N–H and O–H groups in total. The van der Waals surface area contributed by atoms with Gasteiger partial charge in [-0.3, -0.25) is 4.79 Å². The topological polar surface area (TPSA) is 92.4 Å². The van der Waals surface area contributed by atoms with Crippen molar-refractivity contribution in [3.63, 3.8) is 0 Å². The van der Waals surface area contributed by atoms with E-state index in [1.165, 1.54) is 18.2 Å². The minimum Gasteiger partial charge on any atom is -0.478 e. The molecule has 0 aliphatic rings. The van der Waals surface area contributed by atoms with Gasteiger partial charge in [-0.1, -0.05) is 24.9 Å². The molecule has 104 valence electrons. The number of carboxylic acids is 1. The molecule has 1 atom stereocenters. The maximum atomic E-state index is 11.9. The molecule has 0 aliphatic heterocycles. The van der Waals surface area contributed by atoms with Gasteiger partial charge < -0.3 is 16.2 Å². The van der Waals surface area contributed by atoms with Crippen molar-refractivity contribution in [1.82, 2.24) is 0 Å². The molecule has 0 aromatic heterocycles. The zero-order chi connectivity index (χ0) is 14.4. The molecule has 0 bridgehead atoms. The summed E-state index contributed by atoms with van der Waals surface area (Å²) in [5, 5.41) is 11.6. The lowest BCUT2D eigenvalue weighted by Gasteiger charge is -2.14. The Morgan fingerprint density at radius 2 is 2.16 bits per heavy atom. The quantitative estimate of drug-likeness (QED) is 0.747. The first-order chi connectivity index (χ1) is 8.99. The van der Waals surface area contributed by atoms with E-state index in [9.17, 15) is 9.59 Å². The third-order valence-corrected chi connectivity index (χ3v) is 3.07. The Morgan fingerprint density at radius 3 is 2.63 bits per heavy atom. The van der Waals surface area contributed by atoms with E-state index in [-0.39, 0.29) is 29.0 Å². The number of anilines is 1. The van der Waals surface area contributed by atoms with Gasteiger partial charge in [0.1, 0.15) is 0 Å². The fourth-order valence-corrected chi connectivity index (χ4v) is 1.98. The molecule has 5 nitrogen and oxygen atoms in total. The highest BCUT2D eigenvalue weighted by atomic mass is 35.5. The monoisotopic (exact) mass is 284 g/mol. The largest absolute Gasteiger partial charge is 0.478 e. The number of carboxylic acid groups (broad SMARTS) is 1. The SMILES string of the molecule is CCCC(CN)C(=O)Nc1ccc(C(=O)O)c(Cl)c1. The summed E-state index contributed by atoms with van der Waals surface area (Å²) in [6.07, 6.45) is 1.58. The van der Waals surface area contributed by atoms with Crippen LogP contribution in [0.4, 0.5) is 5.69 Å². The molecule has 1 amide bonds. The Kier molecular flexibility index (Phi) is 5.79. The highest BCUT2D eigenvalue weighted by molar-refractivity contribution is 6.33. The molecule has 1 aromatic rings. The van der Waals surface area contributed by atoms with Crippen LogP contribution in [-0.4, -0.2) is 23.5 Å². The van der Waals surface area contributed by atoms with E-state index in [2.05, 4.69) is 5.32 Å². The summed E-state index contributed by atoms with van der Waals surface area (Å²) in [5.74, 6) is -1.53. The molecule has 0 radical (unpaired) electrons. The van der Waals surface area contributed by atoms with Crippen LogP contribution in [0.5, 0.6) is 0 Å². The van der Waals surface area contributed by atoms with E-state index < -0.39 is 5.97 Å². The number of carbonyl (C=O) groups is 2. The van der Waals surface area contributed by atoms with E-state index in [0.717, 1.165) is 6.42 Å². The van der Waals surface area contributed by atoms with Crippen LogP contribution >= 0.6 is 11.6 Å². The van der Waals surface area contributed by atoms with Gasteiger partial charge in [-0.15, -0.1) is 0 Å². The van der Waals surface area contributed by atoms with Gasteiger partial charge in [0.05, 0.1) is 16.5 Å². The Labute approximate surface area is 116 Å². The van der Waals surface area contributed by atoms with Gasteiger partial charge in [0.15, 0.2) is 0 Å². The number of benzene rings is 1. The van der Waals surface area contributed by atoms with Crippen molar-refractivity contribution in [1.29, 1.82) is 0 Å². The lowest BCUT2D eigenvalue weighted by Crippen LogP contribution is -2.29. The van der Waals surface area contributed by atoms with Crippen molar-refractivity contribution in [2.45, 2.75) is 19.8 Å². The number of amides is 1. The molecule has 0 saturated heterocycles. The molecule has 0 spiro atoms. The highest BCUT2D eigenvalue weighted by Crippen LogP contribution is 2.21. The van der Waals surface area contributed by atoms with Crippen molar-refractivity contribution in [3.8, 4) is 0 Å². The summed E-state index contributed by atoms with van der Waals surface area (Å²) >= 11 is 5.83. The van der Waals surface area contributed by atoms with Gasteiger partial charge in [0, 0.05) is 12.2 Å². The Hall–Kier alpha value is -1.59. The van der Waals surface area contributed by atoms with Gasteiger partial charge in [-0.2, -0.15) is 0 Å². The lowest BCUT2D eigenvalue weighted by atomic mass is 10.0. The third-order valence-electron chi connectivity index (χ3n) is 2.76. The number of halogens is 1. The van der Waals surface area contributed by atoms with Crippen LogP contribution in [0.1, 0.15) is 30.1 Å². The van der Waals surface area contributed by atoms with E-state index >= 15 is 0 Å². The average Bonchev–Trinajstić information content (AvgIpc) is 2.35. The molecule has 0 fully saturated rings. The van der Waals surface area contributed by atoms with Crippen LogP contribution in [-0.2, 0) is 4.79 Å². The summed E-state index contributed by atoms with van der Waals surface area (Å²) in [4.78, 5) is 22.7. The lowest BCUT2D eigenvalue weighted by molar-refractivity contribution is -0.119. The van der Waals surface area contributed by atoms with Crippen molar-refractivity contribution >= 4 is 29.2 Å². The molecular formula is C13H17ClN2O3. The fourth-order valence-electron chi connectivity index (χ4n) is 1.72. The van der Waals surface area contributed by atoms with Gasteiger partial charge in [0.2, 0.25) is 5.91 Å². The van der Waals surface area contributed by atoms with Crippen LogP contribution < -0.4 is 11.1 Å². The summed E-state index contributed by atoms with van der Waals surface area (Å²) in [6.45, 7) is 2.26. The molecule has 0 saturated carbocycles. The third kappa shape index (κ3) is 4.22. The van der Waals surface area contributed by atoms with Gasteiger partial charge in [-0.25, -0.2) is 4.79 Å². The minimum absolute atomic E-state index is 0.00333. The molecular weight excluding hydrogens is 268 g/mol. The second-order valence-electron chi connectivity index (χ2n) is 4.21. The van der Waals surface area contributed by atoms with Crippen molar-refractivity contribution in [2.75, 3.05) is 11.9 Å². The summed E-state index contributed by atoms with van der Waals surface area (Å²) in [6, 6.07) is 4.28. The number of nitrogens with two attached hydrogens (primary N) is 1. The van der Waals surface area contributed by atoms with E-state index in [1.807, 2.05) is 6.92 Å². The number of rotatable bonds is 6. The molecule has 1 rings (SSSR count). The molecule has 19 heavy (non-hydrogen) atoms. The van der Waals surface area contributed by atoms with Crippen molar-refractivity contribution in [2.24, 2.45) is 11.7 Å². The first-order valence-electron chi connectivity index (χ1n) is 6.03. The Morgan fingerprint density at radius 1 is 1.47 bits per heavy atom. The molecule has 6 heteroatoms. The first-order valence-corrected chi connectivity index (χ1v) is 6.41. The van der Waals surface area contributed by atoms with Gasteiger partial charge >= 0.3 is 5.97 Å². The van der Waals surface area contributed by atoms with Crippen LogP contribution in [0.25, 0.3) is 0 Å². The number of nitrogens with one attached hydrogen (secondary N) is 1. The average molecular weight is 285 g/mol. The predicted molar refractivity (Wildman–Crippen MR) is 74.5 cm³/mol. The predicted octanol–water partition coefficient (Wildman–Crippen LogP) is 2.35. The fraction of sp³-hybridized carbons (Fsp3) is 0.385. The normalized spacial score (nSPS) is 11.9. The molecule has 1 unspecified atom stereocenters. The second kappa shape index (κ2) is 7.11. The maximum Gasteiger partial charge on any atom is 0.337 e. The van der Waals surface area contributed by atoms with E-state index in [4.69, 9.17) is 22.4 Å².